The Bertz CT molecular complexity index is 447. The summed E-state index contributed by atoms with van der Waals surface area (Å²) in [5.41, 5.74) is -0.303. The molecule has 1 unspecified atom stereocenters. The van der Waals surface area contributed by atoms with Gasteiger partial charge in [-0.2, -0.15) is 0 Å². The molecule has 0 saturated carbocycles. The summed E-state index contributed by atoms with van der Waals surface area (Å²) < 4.78 is 26.3. The van der Waals surface area contributed by atoms with Crippen LogP contribution in [0.4, 0.5) is 8.78 Å². The fourth-order valence-electron chi connectivity index (χ4n) is 1.62. The van der Waals surface area contributed by atoms with Crippen molar-refractivity contribution in [2.45, 2.75) is 38.1 Å². The summed E-state index contributed by atoms with van der Waals surface area (Å²) in [6.07, 6.45) is 0.258. The van der Waals surface area contributed by atoms with Crippen molar-refractivity contribution in [2.24, 2.45) is 0 Å². The third-order valence-corrected chi connectivity index (χ3v) is 2.67. The highest BCUT2D eigenvalue weighted by molar-refractivity contribution is 6.30. The first-order valence-electron chi connectivity index (χ1n) is 5.61. The third-order valence-electron chi connectivity index (χ3n) is 2.47. The number of benzene rings is 1. The summed E-state index contributed by atoms with van der Waals surface area (Å²) in [5.74, 6) is -1.55. The molecule has 0 aromatic heterocycles. The first-order valence-corrected chi connectivity index (χ1v) is 6.05. The molecule has 1 aromatic rings. The van der Waals surface area contributed by atoms with Crippen molar-refractivity contribution in [2.75, 3.05) is 0 Å². The highest BCUT2D eigenvalue weighted by atomic mass is 35.5. The van der Waals surface area contributed by atoms with Gasteiger partial charge in [0.05, 0.1) is 0 Å². The van der Waals surface area contributed by atoms with Gasteiger partial charge in [-0.05, 0) is 38.8 Å². The molecule has 0 aliphatic rings. The number of hydrogen-bond acceptors (Lipinski definition) is 1. The number of nitrogens with one attached hydrogen (secondary N) is 1. The van der Waals surface area contributed by atoms with E-state index in [2.05, 4.69) is 5.32 Å². The molecule has 0 heterocycles. The number of carbonyl (C=O) groups excluding carboxylic acids is 1. The molecule has 0 aliphatic heterocycles. The van der Waals surface area contributed by atoms with E-state index in [0.717, 1.165) is 6.07 Å². The lowest BCUT2D eigenvalue weighted by Gasteiger charge is -2.27. The average Bonchev–Trinajstić information content (AvgIpc) is 2.21. The van der Waals surface area contributed by atoms with Crippen molar-refractivity contribution >= 4 is 17.5 Å². The van der Waals surface area contributed by atoms with Gasteiger partial charge in [-0.1, -0.05) is 6.07 Å². The molecule has 1 atom stereocenters. The second-order valence-electron chi connectivity index (χ2n) is 4.90. The lowest BCUT2D eigenvalue weighted by molar-refractivity contribution is -0.122. The number of amides is 1. The molecular weight excluding hydrogens is 260 g/mol. The van der Waals surface area contributed by atoms with Gasteiger partial charge in [0.15, 0.2) is 0 Å². The predicted octanol–water partition coefficient (Wildman–Crippen LogP) is 3.03. The Morgan fingerprint density at radius 2 is 2.06 bits per heavy atom. The monoisotopic (exact) mass is 275 g/mol. The SMILES string of the molecule is CC(Cl)C(=O)NC(C)(C)Cc1ccc(F)cc1F. The maximum absolute atomic E-state index is 13.5. The van der Waals surface area contributed by atoms with E-state index in [1.165, 1.54) is 12.1 Å². The van der Waals surface area contributed by atoms with Crippen LogP contribution in [0.3, 0.4) is 0 Å². The van der Waals surface area contributed by atoms with E-state index in [1.54, 1.807) is 20.8 Å². The van der Waals surface area contributed by atoms with Gasteiger partial charge >= 0.3 is 0 Å². The van der Waals surface area contributed by atoms with Gasteiger partial charge in [-0.15, -0.1) is 11.6 Å². The standard InChI is InChI=1S/C13H16ClF2NO/c1-8(14)12(18)17-13(2,3)7-9-4-5-10(15)6-11(9)16/h4-6,8H,7H2,1-3H3,(H,17,18). The van der Waals surface area contributed by atoms with Crippen LogP contribution in [0.25, 0.3) is 0 Å². The van der Waals surface area contributed by atoms with Crippen molar-refractivity contribution in [3.8, 4) is 0 Å². The Labute approximate surface area is 110 Å². The van der Waals surface area contributed by atoms with Gasteiger partial charge in [-0.25, -0.2) is 8.78 Å². The number of halogens is 3. The number of hydrogen-bond donors (Lipinski definition) is 1. The fourth-order valence-corrected chi connectivity index (χ4v) is 1.67. The summed E-state index contributed by atoms with van der Waals surface area (Å²) in [7, 11) is 0. The Kier molecular flexibility index (Phi) is 4.68. The average molecular weight is 276 g/mol. The van der Waals surface area contributed by atoms with Gasteiger partial charge in [0.2, 0.25) is 5.91 Å². The molecule has 0 radical (unpaired) electrons. The summed E-state index contributed by atoms with van der Waals surface area (Å²) in [6, 6.07) is 3.40. The van der Waals surface area contributed by atoms with Crippen LogP contribution in [-0.4, -0.2) is 16.8 Å². The Balaban J connectivity index is 2.79. The molecule has 5 heteroatoms. The quantitative estimate of drug-likeness (QED) is 0.841. The lowest BCUT2D eigenvalue weighted by Crippen LogP contribution is -2.47. The molecule has 0 bridgehead atoms. The molecule has 0 saturated heterocycles. The topological polar surface area (TPSA) is 29.1 Å². The maximum atomic E-state index is 13.5. The second-order valence-corrected chi connectivity index (χ2v) is 5.56. The number of alkyl halides is 1. The highest BCUT2D eigenvalue weighted by Crippen LogP contribution is 2.17. The lowest BCUT2D eigenvalue weighted by atomic mass is 9.94. The molecule has 2 nitrogen and oxygen atoms in total. The summed E-state index contributed by atoms with van der Waals surface area (Å²) in [4.78, 5) is 11.5. The molecule has 1 amide bonds. The van der Waals surface area contributed by atoms with E-state index >= 15 is 0 Å². The first-order chi connectivity index (χ1) is 8.21. The van der Waals surface area contributed by atoms with E-state index in [4.69, 9.17) is 11.6 Å². The minimum absolute atomic E-state index is 0.258. The molecule has 18 heavy (non-hydrogen) atoms. The van der Waals surface area contributed by atoms with Crippen LogP contribution in [0.15, 0.2) is 18.2 Å². The smallest absolute Gasteiger partial charge is 0.238 e. The van der Waals surface area contributed by atoms with E-state index in [-0.39, 0.29) is 12.3 Å². The highest BCUT2D eigenvalue weighted by Gasteiger charge is 2.24. The van der Waals surface area contributed by atoms with E-state index in [9.17, 15) is 13.6 Å². The van der Waals surface area contributed by atoms with Gasteiger partial charge in [0.25, 0.3) is 0 Å². The maximum Gasteiger partial charge on any atom is 0.238 e. The first kappa shape index (κ1) is 14.9. The van der Waals surface area contributed by atoms with E-state index in [1.807, 2.05) is 0 Å². The molecule has 100 valence electrons. The van der Waals surface area contributed by atoms with E-state index in [0.29, 0.717) is 5.56 Å². The van der Waals surface area contributed by atoms with Gasteiger partial charge in [0, 0.05) is 11.6 Å². The van der Waals surface area contributed by atoms with Crippen LogP contribution in [0.1, 0.15) is 26.3 Å². The molecule has 0 aliphatic carbocycles. The van der Waals surface area contributed by atoms with Gasteiger partial charge in [0.1, 0.15) is 17.0 Å². The van der Waals surface area contributed by atoms with Gasteiger partial charge in [-0.3, -0.25) is 4.79 Å². The summed E-state index contributed by atoms with van der Waals surface area (Å²) >= 11 is 5.65. The van der Waals surface area contributed by atoms with E-state index < -0.39 is 22.6 Å². The largest absolute Gasteiger partial charge is 0.350 e. The molecule has 0 fully saturated rings. The van der Waals surface area contributed by atoms with Crippen LogP contribution in [0, 0.1) is 11.6 Å². The van der Waals surface area contributed by atoms with Crippen molar-refractivity contribution in [1.82, 2.24) is 5.32 Å². The molecule has 1 N–H and O–H groups in total. The minimum atomic E-state index is -0.654. The zero-order chi connectivity index (χ0) is 13.9. The van der Waals surface area contributed by atoms with Gasteiger partial charge < -0.3 is 5.32 Å². The predicted molar refractivity (Wildman–Crippen MR) is 67.6 cm³/mol. The van der Waals surface area contributed by atoms with Crippen molar-refractivity contribution in [3.63, 3.8) is 0 Å². The Hall–Kier alpha value is -1.16. The molecular formula is C13H16ClF2NO. The van der Waals surface area contributed by atoms with Crippen LogP contribution >= 0.6 is 11.6 Å². The molecule has 1 aromatic carbocycles. The van der Waals surface area contributed by atoms with Crippen molar-refractivity contribution in [3.05, 3.63) is 35.4 Å². The number of rotatable bonds is 4. The Morgan fingerprint density at radius 3 is 2.56 bits per heavy atom. The van der Waals surface area contributed by atoms with Crippen LogP contribution in [0.5, 0.6) is 0 Å². The zero-order valence-corrected chi connectivity index (χ0v) is 11.3. The molecule has 1 rings (SSSR count). The number of carbonyl (C=O) groups is 1. The fraction of sp³-hybridized carbons (Fsp3) is 0.462. The van der Waals surface area contributed by atoms with Crippen LogP contribution in [-0.2, 0) is 11.2 Å². The summed E-state index contributed by atoms with van der Waals surface area (Å²) in [5, 5.41) is 2.06. The normalized spacial score (nSPS) is 13.2. The Morgan fingerprint density at radius 1 is 1.44 bits per heavy atom. The molecule has 0 spiro atoms. The second kappa shape index (κ2) is 5.65. The van der Waals surface area contributed by atoms with Crippen LogP contribution in [0.2, 0.25) is 0 Å². The van der Waals surface area contributed by atoms with Crippen LogP contribution < -0.4 is 5.32 Å². The van der Waals surface area contributed by atoms with Crippen molar-refractivity contribution < 1.29 is 13.6 Å². The minimum Gasteiger partial charge on any atom is -0.350 e. The van der Waals surface area contributed by atoms with Crippen molar-refractivity contribution in [1.29, 1.82) is 0 Å². The third kappa shape index (κ3) is 4.26. The zero-order valence-electron chi connectivity index (χ0n) is 10.6. The summed E-state index contributed by atoms with van der Waals surface area (Å²) in [6.45, 7) is 5.07.